The van der Waals surface area contributed by atoms with Crippen LogP contribution in [0.1, 0.15) is 25.7 Å². The molecule has 22 heavy (non-hydrogen) atoms. The Bertz CT molecular complexity index is 605. The molecule has 0 bridgehead atoms. The Hall–Kier alpha value is -1.72. The van der Waals surface area contributed by atoms with E-state index in [4.69, 9.17) is 0 Å². The van der Waals surface area contributed by atoms with Gasteiger partial charge in [0.1, 0.15) is 10.7 Å². The second-order valence-electron chi connectivity index (χ2n) is 5.68. The number of hydrogen-bond donors (Lipinski definition) is 2. The molecule has 5 heteroatoms. The summed E-state index contributed by atoms with van der Waals surface area (Å²) in [5, 5.41) is 7.24. The predicted octanol–water partition coefficient (Wildman–Crippen LogP) is 3.53. The van der Waals surface area contributed by atoms with Gasteiger partial charge in [-0.15, -0.1) is 11.3 Å². The summed E-state index contributed by atoms with van der Waals surface area (Å²) in [5.74, 6) is 0.780. The monoisotopic (exact) mass is 315 g/mol. The average Bonchev–Trinajstić information content (AvgIpc) is 3.03. The van der Waals surface area contributed by atoms with E-state index in [2.05, 4.69) is 15.6 Å². The Kier molecular flexibility index (Phi) is 5.19. The van der Waals surface area contributed by atoms with Gasteiger partial charge in [-0.1, -0.05) is 30.3 Å². The Morgan fingerprint density at radius 2 is 2.05 bits per heavy atom. The minimum atomic E-state index is 0.0972. The van der Waals surface area contributed by atoms with Gasteiger partial charge in [0.25, 0.3) is 0 Å². The highest BCUT2D eigenvalue weighted by molar-refractivity contribution is 7.14. The van der Waals surface area contributed by atoms with E-state index in [1.54, 1.807) is 5.51 Å². The lowest BCUT2D eigenvalue weighted by atomic mass is 9.93. The molecule has 2 N–H and O–H groups in total. The molecule has 1 saturated heterocycles. The van der Waals surface area contributed by atoms with Crippen molar-refractivity contribution in [3.8, 4) is 11.3 Å². The average molecular weight is 315 g/mol. The fourth-order valence-corrected chi connectivity index (χ4v) is 3.55. The maximum atomic E-state index is 12.2. The molecule has 0 atom stereocenters. The number of nitrogens with zero attached hydrogens (tertiary/aromatic N) is 1. The normalized spacial score (nSPS) is 15.6. The van der Waals surface area contributed by atoms with Crippen LogP contribution in [0.5, 0.6) is 0 Å². The van der Waals surface area contributed by atoms with Gasteiger partial charge in [-0.25, -0.2) is 4.98 Å². The predicted molar refractivity (Wildman–Crippen MR) is 91.0 cm³/mol. The van der Waals surface area contributed by atoms with Crippen LogP contribution in [-0.2, 0) is 4.79 Å². The number of thiazole rings is 1. The number of amides is 1. The Morgan fingerprint density at radius 1 is 1.27 bits per heavy atom. The molecule has 3 rings (SSSR count). The van der Waals surface area contributed by atoms with Crippen molar-refractivity contribution in [2.45, 2.75) is 25.7 Å². The highest BCUT2D eigenvalue weighted by atomic mass is 32.1. The van der Waals surface area contributed by atoms with Crippen LogP contribution in [0, 0.1) is 5.92 Å². The van der Waals surface area contributed by atoms with Crippen LogP contribution in [0.4, 0.5) is 5.00 Å². The van der Waals surface area contributed by atoms with Crippen LogP contribution in [0.2, 0.25) is 0 Å². The fraction of sp³-hybridized carbons (Fsp3) is 0.412. The lowest BCUT2D eigenvalue weighted by molar-refractivity contribution is -0.116. The molecule has 2 aromatic rings. The lowest BCUT2D eigenvalue weighted by Crippen LogP contribution is -2.28. The van der Waals surface area contributed by atoms with Crippen molar-refractivity contribution < 1.29 is 4.79 Å². The number of aromatic nitrogens is 1. The number of piperidine rings is 1. The van der Waals surface area contributed by atoms with Gasteiger partial charge in [0.15, 0.2) is 0 Å². The molecule has 1 aliphatic heterocycles. The van der Waals surface area contributed by atoms with Gasteiger partial charge in [-0.2, -0.15) is 0 Å². The molecule has 1 aromatic carbocycles. The Balaban J connectivity index is 1.57. The molecule has 0 radical (unpaired) electrons. The zero-order chi connectivity index (χ0) is 15.2. The van der Waals surface area contributed by atoms with Gasteiger partial charge in [0.2, 0.25) is 5.91 Å². The van der Waals surface area contributed by atoms with Crippen molar-refractivity contribution in [2.75, 3.05) is 18.4 Å². The summed E-state index contributed by atoms with van der Waals surface area (Å²) >= 11 is 1.48. The second-order valence-corrected chi connectivity index (χ2v) is 6.53. The quantitative estimate of drug-likeness (QED) is 0.887. The molecule has 1 fully saturated rings. The molecule has 0 unspecified atom stereocenters. The van der Waals surface area contributed by atoms with Crippen LogP contribution in [0.3, 0.4) is 0 Å². The van der Waals surface area contributed by atoms with Crippen LogP contribution in [-0.4, -0.2) is 24.0 Å². The number of nitrogens with one attached hydrogen (secondary N) is 2. The number of hydrogen-bond acceptors (Lipinski definition) is 4. The number of anilines is 1. The third-order valence-electron chi connectivity index (χ3n) is 4.11. The highest BCUT2D eigenvalue weighted by Crippen LogP contribution is 2.30. The highest BCUT2D eigenvalue weighted by Gasteiger charge is 2.16. The van der Waals surface area contributed by atoms with Crippen LogP contribution < -0.4 is 10.6 Å². The van der Waals surface area contributed by atoms with Gasteiger partial charge in [-0.05, 0) is 38.3 Å². The van der Waals surface area contributed by atoms with E-state index in [9.17, 15) is 4.79 Å². The molecule has 1 aliphatic rings. The standard InChI is InChI=1S/C17H21N3OS/c21-15(7-6-13-8-10-18-11-9-13)20-17-16(19-12-22-17)14-4-2-1-3-5-14/h1-5,12-13,18H,6-11H2,(H,20,21). The first-order valence-corrected chi connectivity index (χ1v) is 8.70. The number of carbonyl (C=O) groups is 1. The SMILES string of the molecule is O=C(CCC1CCNCC1)Nc1scnc1-c1ccccc1. The number of benzene rings is 1. The van der Waals surface area contributed by atoms with Gasteiger partial charge < -0.3 is 10.6 Å². The zero-order valence-corrected chi connectivity index (χ0v) is 13.4. The topological polar surface area (TPSA) is 54.0 Å². The van der Waals surface area contributed by atoms with Crippen molar-refractivity contribution in [2.24, 2.45) is 5.92 Å². The van der Waals surface area contributed by atoms with E-state index in [0.717, 1.165) is 35.8 Å². The summed E-state index contributed by atoms with van der Waals surface area (Å²) < 4.78 is 0. The van der Waals surface area contributed by atoms with Crippen molar-refractivity contribution >= 4 is 22.2 Å². The minimum Gasteiger partial charge on any atom is -0.317 e. The lowest BCUT2D eigenvalue weighted by Gasteiger charge is -2.22. The Labute approximate surface area is 135 Å². The summed E-state index contributed by atoms with van der Waals surface area (Å²) in [6.45, 7) is 2.17. The van der Waals surface area contributed by atoms with Crippen LogP contribution in [0.25, 0.3) is 11.3 Å². The first kappa shape index (κ1) is 15.2. The van der Waals surface area contributed by atoms with Crippen molar-refractivity contribution in [3.05, 3.63) is 35.8 Å². The number of rotatable bonds is 5. The van der Waals surface area contributed by atoms with Gasteiger partial charge in [0, 0.05) is 12.0 Å². The summed E-state index contributed by atoms with van der Waals surface area (Å²) in [6, 6.07) is 9.97. The largest absolute Gasteiger partial charge is 0.317 e. The van der Waals surface area contributed by atoms with Gasteiger partial charge >= 0.3 is 0 Å². The third-order valence-corrected chi connectivity index (χ3v) is 4.85. The molecule has 1 aromatic heterocycles. The molecule has 0 saturated carbocycles. The summed E-state index contributed by atoms with van der Waals surface area (Å²) in [7, 11) is 0. The van der Waals surface area contributed by atoms with E-state index in [0.29, 0.717) is 12.3 Å². The zero-order valence-electron chi connectivity index (χ0n) is 12.5. The first-order valence-electron chi connectivity index (χ1n) is 7.82. The van der Waals surface area contributed by atoms with E-state index in [1.165, 1.54) is 24.2 Å². The third kappa shape index (κ3) is 3.93. The molecule has 1 amide bonds. The molecule has 4 nitrogen and oxygen atoms in total. The van der Waals surface area contributed by atoms with Gasteiger partial charge in [0.05, 0.1) is 5.51 Å². The molecule has 2 heterocycles. The molecule has 0 spiro atoms. The number of carbonyl (C=O) groups excluding carboxylic acids is 1. The first-order chi connectivity index (χ1) is 10.8. The van der Waals surface area contributed by atoms with E-state index in [1.807, 2.05) is 30.3 Å². The van der Waals surface area contributed by atoms with Crippen molar-refractivity contribution in [3.63, 3.8) is 0 Å². The van der Waals surface area contributed by atoms with Crippen molar-refractivity contribution in [1.29, 1.82) is 0 Å². The Morgan fingerprint density at radius 3 is 2.82 bits per heavy atom. The van der Waals surface area contributed by atoms with Crippen LogP contribution in [0.15, 0.2) is 35.8 Å². The minimum absolute atomic E-state index is 0.0972. The van der Waals surface area contributed by atoms with E-state index in [-0.39, 0.29) is 5.91 Å². The van der Waals surface area contributed by atoms with E-state index >= 15 is 0 Å². The maximum absolute atomic E-state index is 12.2. The summed E-state index contributed by atoms with van der Waals surface area (Å²) in [5.41, 5.74) is 3.68. The van der Waals surface area contributed by atoms with E-state index < -0.39 is 0 Å². The fourth-order valence-electron chi connectivity index (χ4n) is 2.83. The van der Waals surface area contributed by atoms with Gasteiger partial charge in [-0.3, -0.25) is 4.79 Å². The maximum Gasteiger partial charge on any atom is 0.225 e. The van der Waals surface area contributed by atoms with Crippen LogP contribution >= 0.6 is 11.3 Å². The summed E-state index contributed by atoms with van der Waals surface area (Å²) in [6.07, 6.45) is 3.94. The summed E-state index contributed by atoms with van der Waals surface area (Å²) in [4.78, 5) is 16.6. The van der Waals surface area contributed by atoms with Crippen molar-refractivity contribution in [1.82, 2.24) is 10.3 Å². The second kappa shape index (κ2) is 7.51. The molecular formula is C17H21N3OS. The smallest absolute Gasteiger partial charge is 0.225 e. The molecular weight excluding hydrogens is 294 g/mol. The molecule has 116 valence electrons. The molecule has 0 aliphatic carbocycles.